The molecule has 0 N–H and O–H groups in total. The van der Waals surface area contributed by atoms with E-state index in [1.165, 1.54) is 0 Å². The van der Waals surface area contributed by atoms with Gasteiger partial charge in [-0.2, -0.15) is 4.99 Å². The van der Waals surface area contributed by atoms with Crippen LogP contribution in [0.3, 0.4) is 0 Å². The van der Waals surface area contributed by atoms with Crippen LogP contribution in [0.5, 0.6) is 0 Å². The molecule has 2 aromatic carbocycles. The number of aliphatic imine (C=N–C) groups is 1. The van der Waals surface area contributed by atoms with Crippen molar-refractivity contribution in [3.8, 4) is 0 Å². The van der Waals surface area contributed by atoms with Gasteiger partial charge in [0.25, 0.3) is 5.91 Å². The van der Waals surface area contributed by atoms with Crippen molar-refractivity contribution in [2.24, 2.45) is 4.99 Å². The number of carbonyl (C=O) groups is 2. The van der Waals surface area contributed by atoms with Gasteiger partial charge in [0.05, 0.1) is 12.2 Å². The number of anilines is 1. The Balaban J connectivity index is 1.98. The van der Waals surface area contributed by atoms with Crippen LogP contribution < -0.4 is 4.90 Å². The maximum Gasteiger partial charge on any atom is 0.434 e. The normalized spacial score (nSPS) is 15.3. The van der Waals surface area contributed by atoms with Crippen molar-refractivity contribution in [2.45, 2.75) is 32.9 Å². The third-order valence-electron chi connectivity index (χ3n) is 3.73. The second-order valence-corrected chi connectivity index (χ2v) is 7.42. The molecule has 0 unspecified atom stereocenters. The summed E-state index contributed by atoms with van der Waals surface area (Å²) in [7, 11) is 0. The third-order valence-corrected chi connectivity index (χ3v) is 3.97. The average molecular weight is 371 g/mol. The van der Waals surface area contributed by atoms with Crippen molar-refractivity contribution in [1.29, 1.82) is 0 Å². The van der Waals surface area contributed by atoms with E-state index in [2.05, 4.69) is 4.99 Å². The standard InChI is InChI=1S/C20H19ClN2O3/c1-20(2,3)26-19(25)22-17-15-10-9-14(21)11-16(15)23(18(17)24)12-13-7-5-4-6-8-13/h4-11H,12H2,1-3H3/b22-17-. The van der Waals surface area contributed by atoms with E-state index in [1.807, 2.05) is 30.3 Å². The summed E-state index contributed by atoms with van der Waals surface area (Å²) in [6, 6.07) is 14.7. The number of halogens is 1. The van der Waals surface area contributed by atoms with Crippen molar-refractivity contribution in [3.63, 3.8) is 0 Å². The number of rotatable bonds is 2. The summed E-state index contributed by atoms with van der Waals surface area (Å²) in [5.74, 6) is -0.350. The lowest BCUT2D eigenvalue weighted by atomic mass is 10.1. The molecule has 0 radical (unpaired) electrons. The van der Waals surface area contributed by atoms with Crippen molar-refractivity contribution < 1.29 is 14.3 Å². The molecule has 0 aromatic heterocycles. The average Bonchev–Trinajstić information content (AvgIpc) is 2.79. The zero-order valence-electron chi connectivity index (χ0n) is 14.8. The van der Waals surface area contributed by atoms with Gasteiger partial charge >= 0.3 is 6.09 Å². The molecule has 6 heteroatoms. The molecule has 0 bridgehead atoms. The Hall–Kier alpha value is -2.66. The highest BCUT2D eigenvalue weighted by atomic mass is 35.5. The molecule has 26 heavy (non-hydrogen) atoms. The molecule has 2 aromatic rings. The summed E-state index contributed by atoms with van der Waals surface area (Å²) in [5, 5.41) is 0.508. The lowest BCUT2D eigenvalue weighted by Crippen LogP contribution is -2.30. The van der Waals surface area contributed by atoms with Crippen molar-refractivity contribution in [3.05, 3.63) is 64.7 Å². The summed E-state index contributed by atoms with van der Waals surface area (Å²) in [4.78, 5) is 30.5. The zero-order valence-corrected chi connectivity index (χ0v) is 15.6. The Kier molecular flexibility index (Phi) is 4.83. The Labute approximate surface area is 157 Å². The highest BCUT2D eigenvalue weighted by molar-refractivity contribution is 6.55. The largest absolute Gasteiger partial charge is 0.442 e. The first-order valence-electron chi connectivity index (χ1n) is 8.22. The van der Waals surface area contributed by atoms with E-state index in [1.54, 1.807) is 43.9 Å². The lowest BCUT2D eigenvalue weighted by Gasteiger charge is -2.18. The van der Waals surface area contributed by atoms with E-state index in [0.717, 1.165) is 5.56 Å². The number of benzene rings is 2. The third kappa shape index (κ3) is 3.94. The molecule has 5 nitrogen and oxygen atoms in total. The first kappa shape index (κ1) is 18.1. The molecule has 0 fully saturated rings. The quantitative estimate of drug-likeness (QED) is 0.775. The monoisotopic (exact) mass is 370 g/mol. The van der Waals surface area contributed by atoms with Crippen LogP contribution in [0.1, 0.15) is 31.9 Å². The Morgan fingerprint density at radius 3 is 2.50 bits per heavy atom. The molecule has 2 amide bonds. The zero-order chi connectivity index (χ0) is 18.9. The number of fused-ring (bicyclic) bond motifs is 1. The fourth-order valence-corrected chi connectivity index (χ4v) is 2.85. The van der Waals surface area contributed by atoms with Crippen LogP contribution in [0.4, 0.5) is 10.5 Å². The van der Waals surface area contributed by atoms with Crippen LogP contribution in [0.25, 0.3) is 0 Å². The van der Waals surface area contributed by atoms with Gasteiger partial charge in [-0.05, 0) is 44.5 Å². The Morgan fingerprint density at radius 1 is 1.15 bits per heavy atom. The number of carbonyl (C=O) groups excluding carboxylic acids is 2. The summed E-state index contributed by atoms with van der Waals surface area (Å²) in [5.41, 5.74) is 1.55. The minimum Gasteiger partial charge on any atom is -0.442 e. The number of amides is 2. The van der Waals surface area contributed by atoms with E-state index in [0.29, 0.717) is 22.8 Å². The summed E-state index contributed by atoms with van der Waals surface area (Å²) < 4.78 is 5.22. The van der Waals surface area contributed by atoms with Gasteiger partial charge < -0.3 is 9.64 Å². The predicted molar refractivity (Wildman–Crippen MR) is 102 cm³/mol. The molecule has 134 valence electrons. The first-order valence-corrected chi connectivity index (χ1v) is 8.60. The van der Waals surface area contributed by atoms with Gasteiger partial charge in [0.2, 0.25) is 0 Å². The van der Waals surface area contributed by atoms with Gasteiger partial charge in [0.1, 0.15) is 11.3 Å². The van der Waals surface area contributed by atoms with E-state index < -0.39 is 11.7 Å². The van der Waals surface area contributed by atoms with Crippen LogP contribution in [-0.2, 0) is 16.1 Å². The topological polar surface area (TPSA) is 59.0 Å². The fourth-order valence-electron chi connectivity index (χ4n) is 2.69. The minimum atomic E-state index is -0.789. The van der Waals surface area contributed by atoms with E-state index in [-0.39, 0.29) is 11.6 Å². The van der Waals surface area contributed by atoms with Crippen LogP contribution in [-0.4, -0.2) is 23.3 Å². The maximum absolute atomic E-state index is 12.9. The smallest absolute Gasteiger partial charge is 0.434 e. The van der Waals surface area contributed by atoms with Crippen LogP contribution >= 0.6 is 11.6 Å². The van der Waals surface area contributed by atoms with Gasteiger partial charge in [-0.3, -0.25) is 4.79 Å². The first-order chi connectivity index (χ1) is 12.2. The molecule has 0 spiro atoms. The molecule has 0 saturated heterocycles. The van der Waals surface area contributed by atoms with Crippen molar-refractivity contribution >= 4 is 35.0 Å². The molecular formula is C20H19ClN2O3. The highest BCUT2D eigenvalue weighted by Gasteiger charge is 2.35. The molecule has 0 atom stereocenters. The molecule has 3 rings (SSSR count). The summed E-state index contributed by atoms with van der Waals surface area (Å²) in [6.07, 6.45) is -0.789. The maximum atomic E-state index is 12.9. The fraction of sp³-hybridized carbons (Fsp3) is 0.250. The predicted octanol–water partition coefficient (Wildman–Crippen LogP) is 4.61. The van der Waals surface area contributed by atoms with E-state index >= 15 is 0 Å². The van der Waals surface area contributed by atoms with Crippen LogP contribution in [0.2, 0.25) is 5.02 Å². The van der Waals surface area contributed by atoms with Crippen molar-refractivity contribution in [1.82, 2.24) is 0 Å². The second kappa shape index (κ2) is 6.92. The molecule has 0 saturated carbocycles. The highest BCUT2D eigenvalue weighted by Crippen LogP contribution is 2.33. The number of hydrogen-bond acceptors (Lipinski definition) is 3. The SMILES string of the molecule is CC(C)(C)OC(=O)/N=C1\C(=O)N(Cc2ccccc2)c2cc(Cl)ccc21. The molecule has 0 aliphatic carbocycles. The molecule has 1 aliphatic heterocycles. The Morgan fingerprint density at radius 2 is 1.85 bits per heavy atom. The molecular weight excluding hydrogens is 352 g/mol. The van der Waals surface area contributed by atoms with Gasteiger partial charge in [-0.1, -0.05) is 41.9 Å². The number of ether oxygens (including phenoxy) is 1. The van der Waals surface area contributed by atoms with Gasteiger partial charge in [0, 0.05) is 10.6 Å². The van der Waals surface area contributed by atoms with Crippen LogP contribution in [0, 0.1) is 0 Å². The summed E-state index contributed by atoms with van der Waals surface area (Å²) in [6.45, 7) is 5.60. The number of hydrogen-bond donors (Lipinski definition) is 0. The molecule has 1 heterocycles. The van der Waals surface area contributed by atoms with Gasteiger partial charge in [-0.25, -0.2) is 4.79 Å². The van der Waals surface area contributed by atoms with E-state index in [4.69, 9.17) is 16.3 Å². The lowest BCUT2D eigenvalue weighted by molar-refractivity contribution is -0.112. The minimum absolute atomic E-state index is 0.0712. The molecule has 1 aliphatic rings. The van der Waals surface area contributed by atoms with E-state index in [9.17, 15) is 9.59 Å². The Bertz CT molecular complexity index is 886. The van der Waals surface area contributed by atoms with Crippen molar-refractivity contribution in [2.75, 3.05) is 4.90 Å². The summed E-state index contributed by atoms with van der Waals surface area (Å²) >= 11 is 6.11. The van der Waals surface area contributed by atoms with Crippen LogP contribution in [0.15, 0.2) is 53.5 Å². The second-order valence-electron chi connectivity index (χ2n) is 6.98. The number of nitrogens with zero attached hydrogens (tertiary/aromatic N) is 2. The van der Waals surface area contributed by atoms with Gasteiger partial charge in [0.15, 0.2) is 0 Å². The van der Waals surface area contributed by atoms with Gasteiger partial charge in [-0.15, -0.1) is 0 Å².